The molecule has 0 amide bonds. The van der Waals surface area contributed by atoms with E-state index in [0.717, 1.165) is 12.8 Å². The summed E-state index contributed by atoms with van der Waals surface area (Å²) in [6.45, 7) is 2.26. The van der Waals surface area contributed by atoms with Gasteiger partial charge in [0.2, 0.25) is 0 Å². The van der Waals surface area contributed by atoms with E-state index in [0.29, 0.717) is 18.6 Å². The third-order valence-electron chi connectivity index (χ3n) is 4.62. The van der Waals surface area contributed by atoms with Crippen LogP contribution in [0.2, 0.25) is 0 Å². The number of nitrogens with one attached hydrogen (secondary N) is 1. The van der Waals surface area contributed by atoms with E-state index < -0.39 is 0 Å². The third kappa shape index (κ3) is 11.5. The van der Waals surface area contributed by atoms with Crippen molar-refractivity contribution in [2.24, 2.45) is 0 Å². The van der Waals surface area contributed by atoms with E-state index in [-0.39, 0.29) is 5.97 Å². The molecule has 2 atom stereocenters. The topological polar surface area (TPSA) is 50.9 Å². The van der Waals surface area contributed by atoms with Gasteiger partial charge in [-0.15, -0.1) is 0 Å². The number of epoxide rings is 1. The molecule has 2 unspecified atom stereocenters. The molecule has 0 bridgehead atoms. The fourth-order valence-electron chi connectivity index (χ4n) is 3.12. The standard InChI is InChI=1S/C19H37NO3/c1-3-4-5-6-8-11-14-17-18(22-17)15-12-9-7-10-13-16-19(21)23-20-2/h17-18,20H,3-16H2,1-2H3. The Labute approximate surface area is 142 Å². The van der Waals surface area contributed by atoms with Gasteiger partial charge in [0.15, 0.2) is 0 Å². The Morgan fingerprint density at radius 2 is 1.39 bits per heavy atom. The molecule has 4 nitrogen and oxygen atoms in total. The van der Waals surface area contributed by atoms with Crippen LogP contribution >= 0.6 is 0 Å². The molecule has 0 aliphatic carbocycles. The van der Waals surface area contributed by atoms with Gasteiger partial charge in [0.25, 0.3) is 0 Å². The molecule has 1 rings (SSSR count). The molecule has 4 heteroatoms. The second-order valence-electron chi connectivity index (χ2n) is 6.75. The minimum atomic E-state index is -0.156. The highest BCUT2D eigenvalue weighted by Crippen LogP contribution is 2.31. The van der Waals surface area contributed by atoms with Crippen molar-refractivity contribution in [2.75, 3.05) is 7.05 Å². The first-order chi connectivity index (χ1) is 11.3. The smallest absolute Gasteiger partial charge is 0.324 e. The number of unbranched alkanes of at least 4 members (excludes halogenated alkanes) is 9. The van der Waals surface area contributed by atoms with Crippen LogP contribution in [0.3, 0.4) is 0 Å². The average Bonchev–Trinajstić information content (AvgIpc) is 3.28. The van der Waals surface area contributed by atoms with E-state index in [1.165, 1.54) is 70.6 Å². The minimum Gasteiger partial charge on any atom is -0.371 e. The van der Waals surface area contributed by atoms with Gasteiger partial charge in [-0.2, -0.15) is 5.48 Å². The van der Waals surface area contributed by atoms with Crippen LogP contribution in [0.25, 0.3) is 0 Å². The van der Waals surface area contributed by atoms with E-state index in [9.17, 15) is 4.79 Å². The number of hydrogen-bond donors (Lipinski definition) is 1. The summed E-state index contributed by atoms with van der Waals surface area (Å²) in [4.78, 5) is 15.8. The molecule has 1 saturated heterocycles. The van der Waals surface area contributed by atoms with Crippen molar-refractivity contribution in [3.05, 3.63) is 0 Å². The maximum absolute atomic E-state index is 11.1. The average molecular weight is 328 g/mol. The normalized spacial score (nSPS) is 19.7. The molecule has 1 N–H and O–H groups in total. The summed E-state index contributed by atoms with van der Waals surface area (Å²) in [5.41, 5.74) is 2.42. The number of carbonyl (C=O) groups excluding carboxylic acids is 1. The summed E-state index contributed by atoms with van der Waals surface area (Å²) in [7, 11) is 1.61. The van der Waals surface area contributed by atoms with Crippen molar-refractivity contribution < 1.29 is 14.4 Å². The zero-order valence-electron chi connectivity index (χ0n) is 15.3. The van der Waals surface area contributed by atoms with Crippen LogP contribution in [0.1, 0.15) is 96.8 Å². The van der Waals surface area contributed by atoms with Crippen LogP contribution in [-0.4, -0.2) is 25.2 Å². The lowest BCUT2D eigenvalue weighted by molar-refractivity contribution is -0.150. The highest BCUT2D eigenvalue weighted by atomic mass is 16.7. The first kappa shape index (κ1) is 20.4. The maximum Gasteiger partial charge on any atom is 0.324 e. The molecule has 0 aromatic rings. The zero-order valence-corrected chi connectivity index (χ0v) is 15.3. The van der Waals surface area contributed by atoms with Gasteiger partial charge in [-0.25, -0.2) is 0 Å². The van der Waals surface area contributed by atoms with E-state index in [1.807, 2.05) is 0 Å². The molecular formula is C19H37NO3. The van der Waals surface area contributed by atoms with Gasteiger partial charge in [-0.1, -0.05) is 71.1 Å². The number of hydroxylamine groups is 1. The van der Waals surface area contributed by atoms with Gasteiger partial charge in [0, 0.05) is 13.5 Å². The number of rotatable bonds is 16. The second-order valence-corrected chi connectivity index (χ2v) is 6.75. The summed E-state index contributed by atoms with van der Waals surface area (Å²) in [6.07, 6.45) is 18.1. The number of ether oxygens (including phenoxy) is 1. The van der Waals surface area contributed by atoms with Crippen LogP contribution in [-0.2, 0) is 14.4 Å². The second kappa shape index (κ2) is 13.8. The maximum atomic E-state index is 11.1. The van der Waals surface area contributed by atoms with E-state index in [1.54, 1.807) is 7.05 Å². The molecule has 23 heavy (non-hydrogen) atoms. The van der Waals surface area contributed by atoms with Gasteiger partial charge in [-0.3, -0.25) is 4.79 Å². The highest BCUT2D eigenvalue weighted by Gasteiger charge is 2.36. The predicted octanol–water partition coefficient (Wildman–Crippen LogP) is 4.91. The van der Waals surface area contributed by atoms with Crippen molar-refractivity contribution >= 4 is 5.97 Å². The van der Waals surface area contributed by atoms with Crippen LogP contribution in [0.4, 0.5) is 0 Å². The molecule has 1 aliphatic heterocycles. The summed E-state index contributed by atoms with van der Waals surface area (Å²) in [5, 5.41) is 0. The summed E-state index contributed by atoms with van der Waals surface area (Å²) in [5.74, 6) is -0.156. The van der Waals surface area contributed by atoms with Crippen molar-refractivity contribution in [1.82, 2.24) is 5.48 Å². The Hall–Kier alpha value is -0.610. The van der Waals surface area contributed by atoms with E-state index in [4.69, 9.17) is 4.74 Å². The van der Waals surface area contributed by atoms with E-state index in [2.05, 4.69) is 17.2 Å². The SMILES string of the molecule is CCCCCCCCC1OC1CCCCCCCC(=O)ONC. The first-order valence-electron chi connectivity index (χ1n) is 9.79. The highest BCUT2D eigenvalue weighted by molar-refractivity contribution is 5.68. The first-order valence-corrected chi connectivity index (χ1v) is 9.79. The Morgan fingerprint density at radius 3 is 1.96 bits per heavy atom. The lowest BCUT2D eigenvalue weighted by Gasteiger charge is -2.02. The van der Waals surface area contributed by atoms with Crippen LogP contribution in [0.5, 0.6) is 0 Å². The van der Waals surface area contributed by atoms with Crippen LogP contribution < -0.4 is 5.48 Å². The Balaban J connectivity index is 1.77. The molecule has 1 heterocycles. The molecule has 0 aromatic carbocycles. The number of hydrogen-bond acceptors (Lipinski definition) is 4. The summed E-state index contributed by atoms with van der Waals surface area (Å²) in [6, 6.07) is 0. The van der Waals surface area contributed by atoms with Crippen molar-refractivity contribution in [1.29, 1.82) is 0 Å². The third-order valence-corrected chi connectivity index (χ3v) is 4.62. The molecule has 1 fully saturated rings. The molecule has 0 aromatic heterocycles. The van der Waals surface area contributed by atoms with Gasteiger partial charge < -0.3 is 9.57 Å². The van der Waals surface area contributed by atoms with Gasteiger partial charge in [-0.05, 0) is 19.3 Å². The zero-order chi connectivity index (χ0) is 16.8. The fraction of sp³-hybridized carbons (Fsp3) is 0.947. The van der Waals surface area contributed by atoms with E-state index >= 15 is 0 Å². The van der Waals surface area contributed by atoms with Crippen molar-refractivity contribution in [3.8, 4) is 0 Å². The predicted molar refractivity (Wildman–Crippen MR) is 94.1 cm³/mol. The number of carbonyl (C=O) groups is 1. The molecule has 0 spiro atoms. The molecular weight excluding hydrogens is 290 g/mol. The molecule has 1 aliphatic rings. The largest absolute Gasteiger partial charge is 0.371 e. The lowest BCUT2D eigenvalue weighted by atomic mass is 10.0. The Bertz CT molecular complexity index is 296. The van der Waals surface area contributed by atoms with Crippen molar-refractivity contribution in [2.45, 2.75) is 109 Å². The Kier molecular flexibility index (Phi) is 12.3. The lowest BCUT2D eigenvalue weighted by Crippen LogP contribution is -2.14. The molecule has 136 valence electrons. The quantitative estimate of drug-likeness (QED) is 0.248. The monoisotopic (exact) mass is 327 g/mol. The van der Waals surface area contributed by atoms with Gasteiger partial charge in [0.1, 0.15) is 0 Å². The summed E-state index contributed by atoms with van der Waals surface area (Å²) >= 11 is 0. The van der Waals surface area contributed by atoms with Crippen LogP contribution in [0, 0.1) is 0 Å². The fourth-order valence-corrected chi connectivity index (χ4v) is 3.12. The van der Waals surface area contributed by atoms with Crippen LogP contribution in [0.15, 0.2) is 0 Å². The minimum absolute atomic E-state index is 0.156. The van der Waals surface area contributed by atoms with Gasteiger partial charge >= 0.3 is 5.97 Å². The molecule has 0 saturated carbocycles. The van der Waals surface area contributed by atoms with Crippen molar-refractivity contribution in [3.63, 3.8) is 0 Å². The molecule has 0 radical (unpaired) electrons. The Morgan fingerprint density at radius 1 is 0.870 bits per heavy atom. The summed E-state index contributed by atoms with van der Waals surface area (Å²) < 4.78 is 5.76. The van der Waals surface area contributed by atoms with Gasteiger partial charge in [0.05, 0.1) is 12.2 Å².